The molecule has 5 nitrogen and oxygen atoms in total. The van der Waals surface area contributed by atoms with Crippen LogP contribution in [0.2, 0.25) is 10.0 Å². The molecule has 2 N–H and O–H groups in total. The molecular weight excluding hydrogens is 451 g/mol. The third kappa shape index (κ3) is 4.00. The minimum absolute atomic E-state index is 0.0732. The number of rotatable bonds is 4. The predicted octanol–water partition coefficient (Wildman–Crippen LogP) is 5.72. The Labute approximate surface area is 182 Å². The lowest BCUT2D eigenvalue weighted by molar-refractivity contribution is 0.256. The maximum Gasteiger partial charge on any atom is 0.333 e. The molecule has 0 saturated heterocycles. The van der Waals surface area contributed by atoms with Crippen LogP contribution in [0.4, 0.5) is 10.5 Å². The Morgan fingerprint density at radius 1 is 1.00 bits per heavy atom. The molecule has 1 heterocycles. The van der Waals surface area contributed by atoms with E-state index < -0.39 is 16.1 Å². The Bertz CT molecular complexity index is 1190. The Balaban J connectivity index is 1.72. The number of carbonyl (C=O) groups is 1. The van der Waals surface area contributed by atoms with Crippen LogP contribution in [0.1, 0.15) is 17.5 Å². The molecule has 0 unspecified atom stereocenters. The molecule has 0 bridgehead atoms. The minimum atomic E-state index is -3.93. The zero-order valence-corrected chi connectivity index (χ0v) is 18.2. The third-order valence-corrected chi connectivity index (χ3v) is 8.30. The topological polar surface area (TPSA) is 75.3 Å². The number of anilines is 1. The van der Waals surface area contributed by atoms with Crippen molar-refractivity contribution in [2.24, 2.45) is 0 Å². The van der Waals surface area contributed by atoms with Crippen molar-refractivity contribution in [1.29, 1.82) is 0 Å². The van der Waals surface area contributed by atoms with Crippen molar-refractivity contribution in [3.05, 3.63) is 69.0 Å². The van der Waals surface area contributed by atoms with E-state index in [2.05, 4.69) is 10.0 Å². The number of hydrogen-bond acceptors (Lipinski definition) is 4. The monoisotopic (exact) mass is 466 g/mol. The molecule has 0 atom stereocenters. The highest BCUT2D eigenvalue weighted by molar-refractivity contribution is 7.92. The summed E-state index contributed by atoms with van der Waals surface area (Å²) in [6.07, 6.45) is 2.66. The number of sulfonamides is 1. The lowest BCUT2D eigenvalue weighted by Gasteiger charge is -2.17. The second-order valence-corrected chi connectivity index (χ2v) is 10.2. The highest BCUT2D eigenvalue weighted by Crippen LogP contribution is 2.41. The molecule has 0 aliphatic heterocycles. The third-order valence-electron chi connectivity index (χ3n) is 4.75. The SMILES string of the molecule is O=C(Nc1c(-c2cccc(Cl)c2Cl)ccc2c1CCC2)NS(=O)(=O)c1cccs1. The molecule has 1 aromatic heterocycles. The summed E-state index contributed by atoms with van der Waals surface area (Å²) in [5.74, 6) is 0. The molecule has 2 aromatic carbocycles. The largest absolute Gasteiger partial charge is 0.333 e. The quantitative estimate of drug-likeness (QED) is 0.515. The van der Waals surface area contributed by atoms with Gasteiger partial charge in [0.1, 0.15) is 4.21 Å². The fraction of sp³-hybridized carbons (Fsp3) is 0.150. The summed E-state index contributed by atoms with van der Waals surface area (Å²) in [5, 5.41) is 5.16. The van der Waals surface area contributed by atoms with E-state index in [1.54, 1.807) is 23.6 Å². The van der Waals surface area contributed by atoms with Crippen molar-refractivity contribution >= 4 is 56.3 Å². The van der Waals surface area contributed by atoms with Gasteiger partial charge in [-0.1, -0.05) is 53.5 Å². The summed E-state index contributed by atoms with van der Waals surface area (Å²) in [7, 11) is -3.93. The predicted molar refractivity (Wildman–Crippen MR) is 118 cm³/mol. The number of urea groups is 1. The van der Waals surface area contributed by atoms with E-state index in [-0.39, 0.29) is 4.21 Å². The normalized spacial score (nSPS) is 13.2. The number of amides is 2. The Kier molecular flexibility index (Phi) is 5.57. The number of carbonyl (C=O) groups excluding carboxylic acids is 1. The second kappa shape index (κ2) is 7.99. The number of halogens is 2. The molecule has 0 fully saturated rings. The first-order valence-corrected chi connectivity index (χ1v) is 11.9. The zero-order chi connectivity index (χ0) is 20.6. The van der Waals surface area contributed by atoms with Crippen LogP contribution < -0.4 is 10.0 Å². The summed E-state index contributed by atoms with van der Waals surface area (Å²) < 4.78 is 26.9. The van der Waals surface area contributed by atoms with Crippen LogP contribution in [-0.4, -0.2) is 14.4 Å². The molecule has 150 valence electrons. The van der Waals surface area contributed by atoms with Crippen molar-refractivity contribution in [3.8, 4) is 11.1 Å². The van der Waals surface area contributed by atoms with Crippen LogP contribution in [0.25, 0.3) is 11.1 Å². The van der Waals surface area contributed by atoms with Gasteiger partial charge in [0.25, 0.3) is 10.0 Å². The average molecular weight is 467 g/mol. The smallest absolute Gasteiger partial charge is 0.306 e. The second-order valence-electron chi connectivity index (χ2n) is 6.57. The van der Waals surface area contributed by atoms with Crippen molar-refractivity contribution in [2.75, 3.05) is 5.32 Å². The van der Waals surface area contributed by atoms with E-state index in [4.69, 9.17) is 23.2 Å². The minimum Gasteiger partial charge on any atom is -0.306 e. The molecule has 0 radical (unpaired) electrons. The van der Waals surface area contributed by atoms with Gasteiger partial charge >= 0.3 is 6.03 Å². The number of thiophene rings is 1. The Morgan fingerprint density at radius 3 is 2.59 bits per heavy atom. The number of aryl methyl sites for hydroxylation is 1. The first-order valence-electron chi connectivity index (χ1n) is 8.83. The molecule has 9 heteroatoms. The lowest BCUT2D eigenvalue weighted by atomic mass is 9.97. The van der Waals surface area contributed by atoms with Gasteiger partial charge in [-0.25, -0.2) is 17.9 Å². The van der Waals surface area contributed by atoms with Crippen LogP contribution in [-0.2, 0) is 22.9 Å². The van der Waals surface area contributed by atoms with E-state index in [0.717, 1.165) is 41.7 Å². The van der Waals surface area contributed by atoms with Crippen molar-refractivity contribution in [1.82, 2.24) is 4.72 Å². The van der Waals surface area contributed by atoms with Crippen LogP contribution in [0.3, 0.4) is 0 Å². The van der Waals surface area contributed by atoms with Crippen molar-refractivity contribution < 1.29 is 13.2 Å². The maximum atomic E-state index is 12.6. The zero-order valence-electron chi connectivity index (χ0n) is 15.0. The van der Waals surface area contributed by atoms with Gasteiger partial charge in [0.2, 0.25) is 0 Å². The van der Waals surface area contributed by atoms with Crippen LogP contribution in [0.15, 0.2) is 52.1 Å². The molecule has 3 aromatic rings. The van der Waals surface area contributed by atoms with Crippen molar-refractivity contribution in [3.63, 3.8) is 0 Å². The molecular formula is C20H16Cl2N2O3S2. The Hall–Kier alpha value is -2.06. The van der Waals surface area contributed by atoms with E-state index in [0.29, 0.717) is 26.9 Å². The fourth-order valence-electron chi connectivity index (χ4n) is 3.47. The molecule has 0 spiro atoms. The van der Waals surface area contributed by atoms with Crippen LogP contribution in [0, 0.1) is 0 Å². The van der Waals surface area contributed by atoms with Crippen molar-refractivity contribution in [2.45, 2.75) is 23.5 Å². The first kappa shape index (κ1) is 20.2. The van der Waals surface area contributed by atoms with Gasteiger partial charge in [-0.05, 0) is 47.9 Å². The van der Waals surface area contributed by atoms with Gasteiger partial charge in [0, 0.05) is 11.1 Å². The van der Waals surface area contributed by atoms with E-state index in [1.807, 2.05) is 18.2 Å². The summed E-state index contributed by atoms with van der Waals surface area (Å²) in [5.41, 5.74) is 4.04. The van der Waals surface area contributed by atoms with Crippen LogP contribution in [0.5, 0.6) is 0 Å². The van der Waals surface area contributed by atoms with Gasteiger partial charge in [-0.15, -0.1) is 11.3 Å². The van der Waals surface area contributed by atoms with Gasteiger partial charge < -0.3 is 5.32 Å². The molecule has 0 saturated carbocycles. The van der Waals surface area contributed by atoms with Gasteiger partial charge in [0.05, 0.1) is 15.7 Å². The summed E-state index contributed by atoms with van der Waals surface area (Å²) in [6, 6.07) is 11.4. The average Bonchev–Trinajstić information content (AvgIpc) is 3.36. The highest BCUT2D eigenvalue weighted by atomic mass is 35.5. The summed E-state index contributed by atoms with van der Waals surface area (Å²) in [6.45, 7) is 0. The van der Waals surface area contributed by atoms with Crippen LogP contribution >= 0.6 is 34.5 Å². The molecule has 1 aliphatic rings. The first-order chi connectivity index (χ1) is 13.9. The fourth-order valence-corrected chi connectivity index (χ4v) is 5.78. The Morgan fingerprint density at radius 2 is 1.83 bits per heavy atom. The maximum absolute atomic E-state index is 12.6. The molecule has 1 aliphatic carbocycles. The molecule has 29 heavy (non-hydrogen) atoms. The standard InChI is InChI=1S/C20H16Cl2N2O3S2/c21-16-7-2-6-14(18(16)22)15-10-9-12-4-1-5-13(12)19(15)23-20(25)24-29(26,27)17-8-3-11-28-17/h2-3,6-11H,1,4-5H2,(H2,23,24,25). The number of hydrogen-bond donors (Lipinski definition) is 2. The summed E-state index contributed by atoms with van der Waals surface area (Å²) in [4.78, 5) is 12.6. The molecule has 4 rings (SSSR count). The van der Waals surface area contributed by atoms with Gasteiger partial charge in [-0.2, -0.15) is 0 Å². The number of nitrogens with one attached hydrogen (secondary N) is 2. The lowest BCUT2D eigenvalue weighted by Crippen LogP contribution is -2.34. The van der Waals surface area contributed by atoms with E-state index in [1.165, 1.54) is 6.07 Å². The van der Waals surface area contributed by atoms with E-state index >= 15 is 0 Å². The summed E-state index contributed by atoms with van der Waals surface area (Å²) >= 11 is 13.6. The molecule has 2 amide bonds. The van der Waals surface area contributed by atoms with Gasteiger partial charge in [-0.3, -0.25) is 0 Å². The van der Waals surface area contributed by atoms with E-state index in [9.17, 15) is 13.2 Å². The number of benzene rings is 2. The highest BCUT2D eigenvalue weighted by Gasteiger charge is 2.24. The number of fused-ring (bicyclic) bond motifs is 1. The van der Waals surface area contributed by atoms with Gasteiger partial charge in [0.15, 0.2) is 0 Å².